The van der Waals surface area contributed by atoms with E-state index >= 15 is 0 Å². The number of amides is 1. The Morgan fingerprint density at radius 1 is 1.03 bits per heavy atom. The van der Waals surface area contributed by atoms with Crippen LogP contribution < -0.4 is 5.32 Å². The van der Waals surface area contributed by atoms with Crippen molar-refractivity contribution in [2.24, 2.45) is 0 Å². The van der Waals surface area contributed by atoms with E-state index in [1.807, 2.05) is 18.4 Å². The molecule has 5 nitrogen and oxygen atoms in total. The minimum Gasteiger partial charge on any atom is -0.461 e. The summed E-state index contributed by atoms with van der Waals surface area (Å²) in [6.45, 7) is 10.1. The highest BCUT2D eigenvalue weighted by Gasteiger charge is 2.27. The molecule has 0 unspecified atom stereocenters. The van der Waals surface area contributed by atoms with Gasteiger partial charge in [-0.3, -0.25) is 4.79 Å². The van der Waals surface area contributed by atoms with Gasteiger partial charge in [-0.25, -0.2) is 4.79 Å². The molecule has 0 bridgehead atoms. The lowest BCUT2D eigenvalue weighted by Crippen LogP contribution is -2.35. The molecule has 2 rings (SSSR count). The van der Waals surface area contributed by atoms with E-state index < -0.39 is 0 Å². The molecule has 0 aliphatic heterocycles. The van der Waals surface area contributed by atoms with Crippen LogP contribution in [0, 0.1) is 13.8 Å². The highest BCUT2D eigenvalue weighted by molar-refractivity contribution is 6.01. The van der Waals surface area contributed by atoms with Crippen LogP contribution in [0.25, 0.3) is 0 Å². The fourth-order valence-corrected chi connectivity index (χ4v) is 4.61. The Morgan fingerprint density at radius 2 is 1.57 bits per heavy atom. The van der Waals surface area contributed by atoms with Crippen LogP contribution in [0.1, 0.15) is 110 Å². The van der Waals surface area contributed by atoms with Crippen LogP contribution >= 0.6 is 0 Å². The molecule has 0 spiro atoms. The van der Waals surface area contributed by atoms with Crippen LogP contribution in [-0.4, -0.2) is 29.1 Å². The third-order valence-corrected chi connectivity index (χ3v) is 6.21. The number of nitrogens with zero attached hydrogens (tertiary/aromatic N) is 1. The van der Waals surface area contributed by atoms with E-state index in [2.05, 4.69) is 11.9 Å². The summed E-state index contributed by atoms with van der Waals surface area (Å²) in [5.41, 5.74) is 2.55. The summed E-state index contributed by atoms with van der Waals surface area (Å²) in [5.74, 6) is -0.458. The summed E-state index contributed by atoms with van der Waals surface area (Å²) < 4.78 is 7.09. The maximum absolute atomic E-state index is 13.3. The summed E-state index contributed by atoms with van der Waals surface area (Å²) >= 11 is 0. The molecule has 1 heterocycles. The Labute approximate surface area is 182 Å². The lowest BCUT2D eigenvalue weighted by atomic mass is 9.97. The van der Waals surface area contributed by atoms with Crippen molar-refractivity contribution in [1.29, 1.82) is 0 Å². The van der Waals surface area contributed by atoms with Crippen LogP contribution in [0.15, 0.2) is 12.7 Å². The van der Waals surface area contributed by atoms with Gasteiger partial charge in [-0.15, -0.1) is 6.58 Å². The van der Waals surface area contributed by atoms with Gasteiger partial charge >= 0.3 is 5.97 Å². The van der Waals surface area contributed by atoms with Crippen LogP contribution in [0.3, 0.4) is 0 Å². The maximum atomic E-state index is 13.3. The lowest BCUT2D eigenvalue weighted by Gasteiger charge is -2.20. The Bertz CT molecular complexity index is 708. The quantitative estimate of drug-likeness (QED) is 0.466. The lowest BCUT2D eigenvalue weighted by molar-refractivity contribution is 0.0513. The van der Waals surface area contributed by atoms with Crippen LogP contribution in [0.4, 0.5) is 0 Å². The second-order valence-corrected chi connectivity index (χ2v) is 8.48. The van der Waals surface area contributed by atoms with Gasteiger partial charge in [0.25, 0.3) is 5.91 Å². The van der Waals surface area contributed by atoms with E-state index in [1.54, 1.807) is 13.0 Å². The summed E-state index contributed by atoms with van der Waals surface area (Å²) in [5, 5.41) is 3.29. The van der Waals surface area contributed by atoms with Crippen molar-refractivity contribution in [2.45, 2.75) is 104 Å². The Kier molecular flexibility index (Phi) is 10.2. The Balaban J connectivity index is 2.20. The predicted octanol–water partition coefficient (Wildman–Crippen LogP) is 5.87. The number of hydrogen-bond acceptors (Lipinski definition) is 3. The van der Waals surface area contributed by atoms with Crippen molar-refractivity contribution in [3.8, 4) is 0 Å². The topological polar surface area (TPSA) is 60.3 Å². The smallest absolute Gasteiger partial charge is 0.355 e. The van der Waals surface area contributed by atoms with Crippen LogP contribution in [0.5, 0.6) is 0 Å². The molecule has 1 aromatic heterocycles. The normalized spacial score (nSPS) is 16.9. The molecule has 1 aliphatic carbocycles. The van der Waals surface area contributed by atoms with Crippen molar-refractivity contribution in [3.05, 3.63) is 35.2 Å². The van der Waals surface area contributed by atoms with Gasteiger partial charge in [0.2, 0.25) is 0 Å². The first-order chi connectivity index (χ1) is 14.5. The molecule has 1 aliphatic rings. The minimum atomic E-state index is -0.384. The van der Waals surface area contributed by atoms with Gasteiger partial charge in [-0.05, 0) is 39.2 Å². The van der Waals surface area contributed by atoms with E-state index in [4.69, 9.17) is 4.74 Å². The highest BCUT2D eigenvalue weighted by Crippen LogP contribution is 2.24. The van der Waals surface area contributed by atoms with Crippen molar-refractivity contribution < 1.29 is 14.3 Å². The van der Waals surface area contributed by atoms with Crippen molar-refractivity contribution in [2.75, 3.05) is 6.61 Å². The highest BCUT2D eigenvalue weighted by atomic mass is 16.5. The molecule has 0 atom stereocenters. The molecule has 0 saturated heterocycles. The van der Waals surface area contributed by atoms with E-state index in [0.717, 1.165) is 31.4 Å². The summed E-state index contributed by atoms with van der Waals surface area (Å²) in [4.78, 5) is 25.8. The van der Waals surface area contributed by atoms with Gasteiger partial charge in [-0.2, -0.15) is 0 Å². The monoisotopic (exact) mass is 416 g/mol. The molecule has 1 fully saturated rings. The van der Waals surface area contributed by atoms with E-state index in [0.29, 0.717) is 30.0 Å². The average Bonchev–Trinajstić information content (AvgIpc) is 2.94. The molecule has 30 heavy (non-hydrogen) atoms. The first-order valence-corrected chi connectivity index (χ1v) is 11.8. The van der Waals surface area contributed by atoms with Gasteiger partial charge in [0.1, 0.15) is 5.69 Å². The third kappa shape index (κ3) is 6.48. The summed E-state index contributed by atoms with van der Waals surface area (Å²) in [7, 11) is 0. The summed E-state index contributed by atoms with van der Waals surface area (Å²) in [6, 6.07) is 0.199. The zero-order valence-corrected chi connectivity index (χ0v) is 19.2. The molecule has 0 radical (unpaired) electrons. The van der Waals surface area contributed by atoms with E-state index in [-0.39, 0.29) is 17.9 Å². The zero-order valence-electron chi connectivity index (χ0n) is 19.2. The standard InChI is InChI=1S/C25H40N2O3/c1-5-18-27-20(4)22(19(3)23(27)25(29)30-6-2)24(28)26-21-16-14-12-10-8-7-9-11-13-15-17-21/h5,21H,1,6-18H2,2-4H3,(H,26,28). The average molecular weight is 417 g/mol. The molecule has 0 aromatic carbocycles. The van der Waals surface area contributed by atoms with E-state index in [1.165, 1.54) is 44.9 Å². The van der Waals surface area contributed by atoms with Gasteiger partial charge in [0.05, 0.1) is 12.2 Å². The van der Waals surface area contributed by atoms with Crippen molar-refractivity contribution >= 4 is 11.9 Å². The first kappa shape index (κ1) is 24.2. The maximum Gasteiger partial charge on any atom is 0.355 e. The number of hydrogen-bond donors (Lipinski definition) is 1. The van der Waals surface area contributed by atoms with Gasteiger partial charge in [0.15, 0.2) is 0 Å². The van der Waals surface area contributed by atoms with Crippen LogP contribution in [-0.2, 0) is 11.3 Å². The second kappa shape index (κ2) is 12.6. The predicted molar refractivity (Wildman–Crippen MR) is 122 cm³/mol. The molecule has 1 amide bonds. The van der Waals surface area contributed by atoms with Gasteiger partial charge in [0, 0.05) is 18.3 Å². The van der Waals surface area contributed by atoms with Crippen molar-refractivity contribution in [1.82, 2.24) is 9.88 Å². The number of ether oxygens (including phenoxy) is 1. The fourth-order valence-electron chi connectivity index (χ4n) is 4.61. The molecule has 1 aromatic rings. The third-order valence-electron chi connectivity index (χ3n) is 6.21. The number of nitrogens with one attached hydrogen (secondary N) is 1. The largest absolute Gasteiger partial charge is 0.461 e. The number of carbonyl (C=O) groups excluding carboxylic acids is 2. The fraction of sp³-hybridized carbons (Fsp3) is 0.680. The van der Waals surface area contributed by atoms with E-state index in [9.17, 15) is 9.59 Å². The molecular weight excluding hydrogens is 376 g/mol. The van der Waals surface area contributed by atoms with Gasteiger partial charge < -0.3 is 14.6 Å². The van der Waals surface area contributed by atoms with Crippen LogP contribution in [0.2, 0.25) is 0 Å². The number of rotatable bonds is 6. The van der Waals surface area contributed by atoms with Gasteiger partial charge in [-0.1, -0.05) is 63.9 Å². The Morgan fingerprint density at radius 3 is 2.07 bits per heavy atom. The van der Waals surface area contributed by atoms with Crippen molar-refractivity contribution in [3.63, 3.8) is 0 Å². The number of esters is 1. The minimum absolute atomic E-state index is 0.0737. The molecule has 168 valence electrons. The molecule has 1 saturated carbocycles. The second-order valence-electron chi connectivity index (χ2n) is 8.48. The number of carbonyl (C=O) groups is 2. The molecule has 1 N–H and O–H groups in total. The molecular formula is C25H40N2O3. The zero-order chi connectivity index (χ0) is 21.9. The molecule has 5 heteroatoms. The summed E-state index contributed by atoms with van der Waals surface area (Å²) in [6.07, 6.45) is 15.2. The Hall–Kier alpha value is -2.04. The first-order valence-electron chi connectivity index (χ1n) is 11.8. The number of aromatic nitrogens is 1. The number of allylic oxidation sites excluding steroid dienone is 1. The SMILES string of the molecule is C=CCn1c(C)c(C(=O)NC2CCCCCCCCCCC2)c(C)c1C(=O)OCC.